The highest BCUT2D eigenvalue weighted by Crippen LogP contribution is 2.26. The van der Waals surface area contributed by atoms with E-state index in [9.17, 15) is 5.11 Å². The Morgan fingerprint density at radius 3 is 2.50 bits per heavy atom. The Hall–Kier alpha value is -2.99. The Morgan fingerprint density at radius 1 is 1.15 bits per heavy atom. The van der Waals surface area contributed by atoms with Crippen molar-refractivity contribution in [2.75, 3.05) is 13.1 Å². The van der Waals surface area contributed by atoms with Gasteiger partial charge in [0.05, 0.1) is 0 Å². The number of hydrogen-bond donors (Lipinski definition) is 6. The zero-order chi connectivity index (χ0) is 18.5. The molecule has 0 radical (unpaired) electrons. The van der Waals surface area contributed by atoms with Crippen LogP contribution in [-0.4, -0.2) is 24.0 Å². The second-order valence-electron chi connectivity index (χ2n) is 6.50. The molecule has 6 nitrogen and oxygen atoms in total. The number of nitrogens with two attached hydrogens (primary N) is 2. The van der Waals surface area contributed by atoms with Crippen LogP contribution in [0.2, 0.25) is 0 Å². The Morgan fingerprint density at radius 2 is 1.88 bits per heavy atom. The summed E-state index contributed by atoms with van der Waals surface area (Å²) >= 11 is 0. The van der Waals surface area contributed by atoms with Crippen molar-refractivity contribution in [1.82, 2.24) is 10.6 Å². The summed E-state index contributed by atoms with van der Waals surface area (Å²) in [5, 5.41) is 24.5. The summed E-state index contributed by atoms with van der Waals surface area (Å²) in [6, 6.07) is 6.82. The average molecular weight is 351 g/mol. The number of hydrogen-bond acceptors (Lipinski definition) is 5. The molecule has 1 saturated heterocycles. The summed E-state index contributed by atoms with van der Waals surface area (Å²) in [5.41, 5.74) is 15.2. The first-order valence-electron chi connectivity index (χ1n) is 8.76. The van der Waals surface area contributed by atoms with Crippen molar-refractivity contribution in [2.45, 2.75) is 12.8 Å². The fourth-order valence-electron chi connectivity index (χ4n) is 3.27. The molecule has 2 heterocycles. The molecule has 26 heavy (non-hydrogen) atoms. The van der Waals surface area contributed by atoms with Gasteiger partial charge in [-0.2, -0.15) is 0 Å². The molecule has 0 saturated carbocycles. The number of piperidine rings is 1. The number of phenolic OH excluding ortho intramolecular Hbond substituents is 1. The molecule has 2 aliphatic rings. The third kappa shape index (κ3) is 3.97. The maximum absolute atomic E-state index is 9.96. The van der Waals surface area contributed by atoms with Gasteiger partial charge in [-0.3, -0.25) is 5.41 Å². The number of rotatable bonds is 4. The van der Waals surface area contributed by atoms with Crippen LogP contribution in [0.1, 0.15) is 18.4 Å². The Kier molecular flexibility index (Phi) is 5.43. The monoisotopic (exact) mass is 351 g/mol. The fourth-order valence-corrected chi connectivity index (χ4v) is 3.27. The van der Waals surface area contributed by atoms with Crippen LogP contribution < -0.4 is 22.1 Å². The van der Waals surface area contributed by atoms with E-state index in [1.165, 1.54) is 5.57 Å². The molecule has 2 aliphatic heterocycles. The highest BCUT2D eigenvalue weighted by molar-refractivity contribution is 6.00. The third-order valence-electron chi connectivity index (χ3n) is 4.74. The van der Waals surface area contributed by atoms with E-state index in [0.717, 1.165) is 25.9 Å². The van der Waals surface area contributed by atoms with Gasteiger partial charge in [0.25, 0.3) is 0 Å². The second-order valence-corrected chi connectivity index (χ2v) is 6.50. The summed E-state index contributed by atoms with van der Waals surface area (Å²) in [6.45, 7) is 2.08. The first kappa shape index (κ1) is 17.8. The molecule has 6 heteroatoms. The lowest BCUT2D eigenvalue weighted by Gasteiger charge is -2.26. The van der Waals surface area contributed by atoms with Crippen molar-refractivity contribution >= 4 is 11.5 Å². The van der Waals surface area contributed by atoms with Crippen LogP contribution in [-0.2, 0) is 0 Å². The number of amidine groups is 1. The van der Waals surface area contributed by atoms with Crippen molar-refractivity contribution in [3.05, 3.63) is 71.1 Å². The van der Waals surface area contributed by atoms with Crippen LogP contribution in [0.3, 0.4) is 0 Å². The normalized spacial score (nSPS) is 20.3. The standard InChI is InChI=1S/C20H25N5O/c21-17(15-3-1-2-4-19(15)26)11-16(20(22)23)18-6-5-14(12-25-18)13-7-9-24-10-8-13/h1-6,11-13,24-26H,7-10,21H2,(H3,22,23)/b17-11-,18-16?. The number of dihydropyridines is 1. The van der Waals surface area contributed by atoms with Gasteiger partial charge < -0.3 is 27.2 Å². The van der Waals surface area contributed by atoms with E-state index in [4.69, 9.17) is 16.9 Å². The van der Waals surface area contributed by atoms with E-state index in [-0.39, 0.29) is 11.6 Å². The number of aromatic hydroxyl groups is 1. The van der Waals surface area contributed by atoms with E-state index < -0.39 is 0 Å². The van der Waals surface area contributed by atoms with Crippen LogP contribution in [0.4, 0.5) is 0 Å². The van der Waals surface area contributed by atoms with Crippen molar-refractivity contribution in [1.29, 1.82) is 5.41 Å². The summed E-state index contributed by atoms with van der Waals surface area (Å²) in [5.74, 6) is 0.549. The quantitative estimate of drug-likeness (QED) is 0.366. The van der Waals surface area contributed by atoms with E-state index >= 15 is 0 Å². The topological polar surface area (TPSA) is 120 Å². The molecule has 1 aromatic rings. The minimum Gasteiger partial charge on any atom is -0.507 e. The molecule has 0 amide bonds. The smallest absolute Gasteiger partial charge is 0.124 e. The molecule has 0 unspecified atom stereocenters. The zero-order valence-electron chi connectivity index (χ0n) is 14.6. The molecule has 0 spiro atoms. The number of allylic oxidation sites excluding steroid dienone is 3. The SMILES string of the molecule is N=C(N)C(/C=C(\N)c1ccccc1O)=C1C=CC(C2CCNCC2)=CN1. The van der Waals surface area contributed by atoms with Crippen molar-refractivity contribution in [3.8, 4) is 5.75 Å². The number of benzene rings is 1. The van der Waals surface area contributed by atoms with Crippen molar-refractivity contribution < 1.29 is 5.11 Å². The highest BCUT2D eigenvalue weighted by atomic mass is 16.3. The maximum Gasteiger partial charge on any atom is 0.124 e. The molecule has 1 fully saturated rings. The van der Waals surface area contributed by atoms with Gasteiger partial charge in [0.15, 0.2) is 0 Å². The molecular weight excluding hydrogens is 326 g/mol. The molecule has 0 atom stereocenters. The number of phenols is 1. The minimum absolute atomic E-state index is 0.0887. The van der Waals surface area contributed by atoms with Crippen LogP contribution in [0.15, 0.2) is 65.5 Å². The molecule has 0 aromatic heterocycles. The van der Waals surface area contributed by atoms with Crippen LogP contribution >= 0.6 is 0 Å². The molecule has 0 bridgehead atoms. The average Bonchev–Trinajstić information content (AvgIpc) is 2.67. The van der Waals surface area contributed by atoms with E-state index in [1.807, 2.05) is 12.3 Å². The Bertz CT molecular complexity index is 813. The van der Waals surface area contributed by atoms with E-state index in [2.05, 4.69) is 16.7 Å². The lowest BCUT2D eigenvalue weighted by atomic mass is 9.89. The molecule has 136 valence electrons. The van der Waals surface area contributed by atoms with Crippen LogP contribution in [0.5, 0.6) is 5.75 Å². The lowest BCUT2D eigenvalue weighted by Crippen LogP contribution is -2.29. The van der Waals surface area contributed by atoms with Gasteiger partial charge in [-0.25, -0.2) is 0 Å². The predicted molar refractivity (Wildman–Crippen MR) is 105 cm³/mol. The zero-order valence-corrected chi connectivity index (χ0v) is 14.6. The summed E-state index contributed by atoms with van der Waals surface area (Å²) in [6.07, 6.45) is 9.86. The van der Waals surface area contributed by atoms with Crippen molar-refractivity contribution in [3.63, 3.8) is 0 Å². The van der Waals surface area contributed by atoms with E-state index in [0.29, 0.717) is 28.4 Å². The summed E-state index contributed by atoms with van der Waals surface area (Å²) in [4.78, 5) is 0. The molecule has 1 aromatic carbocycles. The lowest BCUT2D eigenvalue weighted by molar-refractivity contribution is 0.423. The first-order valence-corrected chi connectivity index (χ1v) is 8.76. The van der Waals surface area contributed by atoms with E-state index in [1.54, 1.807) is 30.3 Å². The maximum atomic E-state index is 9.96. The Labute approximate surface area is 153 Å². The van der Waals surface area contributed by atoms with Crippen LogP contribution in [0.25, 0.3) is 5.70 Å². The molecule has 8 N–H and O–H groups in total. The predicted octanol–water partition coefficient (Wildman–Crippen LogP) is 1.92. The highest BCUT2D eigenvalue weighted by Gasteiger charge is 2.18. The third-order valence-corrected chi connectivity index (χ3v) is 4.74. The van der Waals surface area contributed by atoms with Gasteiger partial charge in [0.1, 0.15) is 11.6 Å². The minimum atomic E-state index is -0.0887. The number of para-hydroxylation sites is 1. The van der Waals surface area contributed by atoms with Crippen molar-refractivity contribution in [2.24, 2.45) is 17.4 Å². The van der Waals surface area contributed by atoms with Gasteiger partial charge >= 0.3 is 0 Å². The Balaban J connectivity index is 1.85. The van der Waals surface area contributed by atoms with Crippen LogP contribution in [0, 0.1) is 11.3 Å². The van der Waals surface area contributed by atoms with Gasteiger partial charge in [0.2, 0.25) is 0 Å². The van der Waals surface area contributed by atoms with Gasteiger partial charge in [0, 0.05) is 28.7 Å². The fraction of sp³-hybridized carbons (Fsp3) is 0.250. The van der Waals surface area contributed by atoms with Gasteiger partial charge in [-0.1, -0.05) is 18.2 Å². The van der Waals surface area contributed by atoms with Gasteiger partial charge in [-0.15, -0.1) is 0 Å². The first-order chi connectivity index (χ1) is 12.6. The molecule has 0 aliphatic carbocycles. The molecule has 3 rings (SSSR count). The summed E-state index contributed by atoms with van der Waals surface area (Å²) < 4.78 is 0. The largest absolute Gasteiger partial charge is 0.507 e. The number of nitrogens with one attached hydrogen (secondary N) is 3. The summed E-state index contributed by atoms with van der Waals surface area (Å²) in [7, 11) is 0. The second kappa shape index (κ2) is 7.93. The molecular formula is C20H25N5O. The van der Waals surface area contributed by atoms with Gasteiger partial charge in [-0.05, 0) is 61.7 Å².